The Kier molecular flexibility index (Phi) is 4.50. The third-order valence-corrected chi connectivity index (χ3v) is 3.00. The predicted molar refractivity (Wildman–Crippen MR) is 74.0 cm³/mol. The highest BCUT2D eigenvalue weighted by Gasteiger charge is 2.33. The fourth-order valence-corrected chi connectivity index (χ4v) is 1.87. The standard InChI is InChI=1S/C15H12O7/c16-11(13(18)19)12(17)15(21)22-14(20)10-7-3-5-8-4-1-2-6-9(8)10/h1-7,11-12,16-17H,(H,18,19). The van der Waals surface area contributed by atoms with Crippen molar-refractivity contribution < 1.29 is 34.4 Å². The maximum absolute atomic E-state index is 12.0. The first-order valence-electron chi connectivity index (χ1n) is 6.24. The summed E-state index contributed by atoms with van der Waals surface area (Å²) in [4.78, 5) is 33.9. The Balaban J connectivity index is 2.21. The molecule has 0 fully saturated rings. The number of rotatable bonds is 4. The number of carbonyl (C=O) groups is 3. The Bertz CT molecular complexity index is 732. The molecular formula is C15H12O7. The molecule has 2 aromatic rings. The highest BCUT2D eigenvalue weighted by Crippen LogP contribution is 2.19. The van der Waals surface area contributed by atoms with Crippen molar-refractivity contribution in [3.63, 3.8) is 0 Å². The fraction of sp³-hybridized carbons (Fsp3) is 0.133. The summed E-state index contributed by atoms with van der Waals surface area (Å²) in [5.41, 5.74) is 0.0865. The Morgan fingerprint density at radius 2 is 1.55 bits per heavy atom. The summed E-state index contributed by atoms with van der Waals surface area (Å²) in [5.74, 6) is -4.38. The topological polar surface area (TPSA) is 121 Å². The van der Waals surface area contributed by atoms with E-state index in [1.165, 1.54) is 6.07 Å². The molecule has 7 heteroatoms. The summed E-state index contributed by atoms with van der Waals surface area (Å²) < 4.78 is 4.43. The van der Waals surface area contributed by atoms with Crippen LogP contribution in [0.15, 0.2) is 42.5 Å². The van der Waals surface area contributed by atoms with Crippen LogP contribution in [-0.4, -0.2) is 45.4 Å². The predicted octanol–water partition coefficient (Wildman–Crippen LogP) is 0.330. The Hall–Kier alpha value is -2.77. The average molecular weight is 304 g/mol. The van der Waals surface area contributed by atoms with Crippen LogP contribution in [0.1, 0.15) is 10.4 Å². The van der Waals surface area contributed by atoms with Crippen molar-refractivity contribution in [2.45, 2.75) is 12.2 Å². The Labute approximate surface area is 124 Å². The molecule has 0 amide bonds. The molecule has 0 radical (unpaired) electrons. The SMILES string of the molecule is O=C(OC(=O)C(O)C(O)C(=O)O)c1cccc2ccccc12. The summed E-state index contributed by atoms with van der Waals surface area (Å²) in [5, 5.41) is 28.1. The lowest BCUT2D eigenvalue weighted by Crippen LogP contribution is -2.41. The number of aliphatic carboxylic acids is 1. The first-order valence-corrected chi connectivity index (χ1v) is 6.24. The van der Waals surface area contributed by atoms with Crippen LogP contribution in [0.2, 0.25) is 0 Å². The summed E-state index contributed by atoms with van der Waals surface area (Å²) in [6.45, 7) is 0. The molecule has 0 aromatic heterocycles. The Morgan fingerprint density at radius 3 is 2.23 bits per heavy atom. The molecule has 2 atom stereocenters. The van der Waals surface area contributed by atoms with Gasteiger partial charge in [0.1, 0.15) is 0 Å². The molecule has 114 valence electrons. The van der Waals surface area contributed by atoms with E-state index in [4.69, 9.17) is 10.2 Å². The minimum atomic E-state index is -2.37. The monoisotopic (exact) mass is 304 g/mol. The summed E-state index contributed by atoms with van der Waals surface area (Å²) in [7, 11) is 0. The van der Waals surface area contributed by atoms with Crippen molar-refractivity contribution in [1.29, 1.82) is 0 Å². The Morgan fingerprint density at radius 1 is 0.909 bits per heavy atom. The third-order valence-electron chi connectivity index (χ3n) is 3.00. The quantitative estimate of drug-likeness (QED) is 0.549. The minimum Gasteiger partial charge on any atom is -0.479 e. The van der Waals surface area contributed by atoms with Crippen molar-refractivity contribution >= 4 is 28.7 Å². The third kappa shape index (κ3) is 3.11. The molecule has 7 nitrogen and oxygen atoms in total. The van der Waals surface area contributed by atoms with Gasteiger partial charge < -0.3 is 20.1 Å². The molecular weight excluding hydrogens is 292 g/mol. The van der Waals surface area contributed by atoms with Gasteiger partial charge in [-0.3, -0.25) is 0 Å². The number of carboxylic acids is 1. The molecule has 0 aliphatic rings. The number of fused-ring (bicyclic) bond motifs is 1. The van der Waals surface area contributed by atoms with Crippen LogP contribution in [-0.2, 0) is 14.3 Å². The lowest BCUT2D eigenvalue weighted by molar-refractivity contribution is -0.166. The number of hydrogen-bond donors (Lipinski definition) is 3. The van der Waals surface area contributed by atoms with E-state index in [0.29, 0.717) is 5.39 Å². The van der Waals surface area contributed by atoms with Crippen LogP contribution in [0.4, 0.5) is 0 Å². The lowest BCUT2D eigenvalue weighted by Gasteiger charge is -2.12. The van der Waals surface area contributed by atoms with E-state index in [9.17, 15) is 19.5 Å². The number of hydrogen-bond acceptors (Lipinski definition) is 6. The normalized spacial score (nSPS) is 13.4. The zero-order chi connectivity index (χ0) is 16.3. The highest BCUT2D eigenvalue weighted by molar-refractivity contribution is 6.08. The highest BCUT2D eigenvalue weighted by atomic mass is 16.6. The smallest absolute Gasteiger partial charge is 0.346 e. The first kappa shape index (κ1) is 15.6. The molecule has 0 aliphatic carbocycles. The first-order chi connectivity index (χ1) is 10.4. The van der Waals surface area contributed by atoms with Gasteiger partial charge in [0.05, 0.1) is 5.56 Å². The molecule has 3 N–H and O–H groups in total. The van der Waals surface area contributed by atoms with Gasteiger partial charge >= 0.3 is 17.9 Å². The molecule has 0 heterocycles. The number of aliphatic hydroxyl groups excluding tert-OH is 2. The molecule has 0 saturated carbocycles. The van der Waals surface area contributed by atoms with Crippen LogP contribution in [0.25, 0.3) is 10.8 Å². The van der Waals surface area contributed by atoms with Crippen LogP contribution in [0.3, 0.4) is 0 Å². The van der Waals surface area contributed by atoms with Crippen LogP contribution in [0.5, 0.6) is 0 Å². The van der Waals surface area contributed by atoms with Gasteiger partial charge in [0, 0.05) is 0 Å². The van der Waals surface area contributed by atoms with Gasteiger partial charge in [0.2, 0.25) is 0 Å². The van der Waals surface area contributed by atoms with Crippen LogP contribution >= 0.6 is 0 Å². The summed E-state index contributed by atoms with van der Waals surface area (Å²) >= 11 is 0. The molecule has 2 unspecified atom stereocenters. The number of esters is 2. The average Bonchev–Trinajstić information content (AvgIpc) is 2.52. The van der Waals surface area contributed by atoms with Crippen molar-refractivity contribution in [3.05, 3.63) is 48.0 Å². The molecule has 22 heavy (non-hydrogen) atoms. The number of carbonyl (C=O) groups excluding carboxylic acids is 2. The second-order valence-electron chi connectivity index (χ2n) is 4.46. The van der Waals surface area contributed by atoms with Gasteiger partial charge in [-0.15, -0.1) is 0 Å². The van der Waals surface area contributed by atoms with Crippen LogP contribution < -0.4 is 0 Å². The molecule has 0 spiro atoms. The van der Waals surface area contributed by atoms with Crippen molar-refractivity contribution in [2.24, 2.45) is 0 Å². The van der Waals surface area contributed by atoms with E-state index in [0.717, 1.165) is 5.39 Å². The van der Waals surface area contributed by atoms with Crippen molar-refractivity contribution in [1.82, 2.24) is 0 Å². The summed E-state index contributed by atoms with van der Waals surface area (Å²) in [6.07, 6.45) is -4.72. The van der Waals surface area contributed by atoms with Gasteiger partial charge in [-0.25, -0.2) is 14.4 Å². The maximum atomic E-state index is 12.0. The van der Waals surface area contributed by atoms with E-state index in [2.05, 4.69) is 4.74 Å². The molecule has 2 aromatic carbocycles. The maximum Gasteiger partial charge on any atom is 0.346 e. The number of benzene rings is 2. The van der Waals surface area contributed by atoms with Gasteiger partial charge in [-0.1, -0.05) is 36.4 Å². The van der Waals surface area contributed by atoms with Gasteiger partial charge in [0.15, 0.2) is 12.2 Å². The zero-order valence-corrected chi connectivity index (χ0v) is 11.2. The van der Waals surface area contributed by atoms with Gasteiger partial charge in [0.25, 0.3) is 0 Å². The fourth-order valence-electron chi connectivity index (χ4n) is 1.87. The van der Waals surface area contributed by atoms with E-state index < -0.39 is 30.1 Å². The van der Waals surface area contributed by atoms with Crippen molar-refractivity contribution in [2.75, 3.05) is 0 Å². The second kappa shape index (κ2) is 6.33. The molecule has 0 aliphatic heterocycles. The van der Waals surface area contributed by atoms with Gasteiger partial charge in [-0.2, -0.15) is 0 Å². The van der Waals surface area contributed by atoms with E-state index >= 15 is 0 Å². The zero-order valence-electron chi connectivity index (χ0n) is 11.2. The van der Waals surface area contributed by atoms with E-state index in [1.54, 1.807) is 36.4 Å². The number of ether oxygens (including phenoxy) is 1. The largest absolute Gasteiger partial charge is 0.479 e. The summed E-state index contributed by atoms with van der Waals surface area (Å²) in [6, 6.07) is 11.7. The molecule has 0 saturated heterocycles. The molecule has 0 bridgehead atoms. The van der Waals surface area contributed by atoms with E-state index in [-0.39, 0.29) is 5.56 Å². The minimum absolute atomic E-state index is 0.0865. The van der Waals surface area contributed by atoms with E-state index in [1.807, 2.05) is 0 Å². The second-order valence-corrected chi connectivity index (χ2v) is 4.46. The van der Waals surface area contributed by atoms with Crippen molar-refractivity contribution in [3.8, 4) is 0 Å². The lowest BCUT2D eigenvalue weighted by atomic mass is 10.0. The van der Waals surface area contributed by atoms with Crippen LogP contribution in [0, 0.1) is 0 Å². The molecule has 2 rings (SSSR count). The van der Waals surface area contributed by atoms with Gasteiger partial charge in [-0.05, 0) is 16.8 Å². The number of carboxylic acid groups (broad SMARTS) is 1. The number of aliphatic hydroxyl groups is 2.